The lowest BCUT2D eigenvalue weighted by atomic mass is 10.2. The molecule has 0 aliphatic rings. The Morgan fingerprint density at radius 1 is 1.50 bits per heavy atom. The van der Waals surface area contributed by atoms with Crippen molar-refractivity contribution in [3.8, 4) is 11.5 Å². The van der Waals surface area contributed by atoms with Crippen molar-refractivity contribution in [1.82, 2.24) is 4.90 Å². The molecule has 0 saturated carbocycles. The molecule has 1 aromatic rings. The summed E-state index contributed by atoms with van der Waals surface area (Å²) in [5, 5.41) is 18.0. The molecule has 0 heterocycles. The number of benzene rings is 1. The Morgan fingerprint density at radius 3 is 2.62 bits per heavy atom. The molecule has 1 aromatic carbocycles. The molecule has 0 bridgehead atoms. The number of nitrogens with zero attached hydrogens (tertiary/aromatic N) is 1. The van der Waals surface area contributed by atoms with Crippen molar-refractivity contribution in [3.63, 3.8) is 0 Å². The minimum Gasteiger partial charge on any atom is -0.508 e. The summed E-state index contributed by atoms with van der Waals surface area (Å²) in [5.74, 6) is -0.267. The zero-order chi connectivity index (χ0) is 12.3. The molecule has 5 heteroatoms. The normalized spacial score (nSPS) is 12.2. The average molecular weight is 244 g/mol. The van der Waals surface area contributed by atoms with E-state index in [1.54, 1.807) is 20.0 Å². The van der Waals surface area contributed by atoms with Gasteiger partial charge in [0.2, 0.25) is 5.91 Å². The number of phenolic OH excluding ortho intramolecular Hbond substituents is 2. The number of amides is 1. The number of aromatic hydroxyl groups is 2. The lowest BCUT2D eigenvalue weighted by Gasteiger charge is -2.19. The summed E-state index contributed by atoms with van der Waals surface area (Å²) in [6.07, 6.45) is 0. The molecule has 0 aliphatic heterocycles. The molecule has 1 atom stereocenters. The van der Waals surface area contributed by atoms with Crippen LogP contribution in [0.15, 0.2) is 18.2 Å². The number of hydrogen-bond donors (Lipinski definition) is 2. The molecule has 0 saturated heterocycles. The fraction of sp³-hybridized carbons (Fsp3) is 0.364. The van der Waals surface area contributed by atoms with Crippen molar-refractivity contribution in [2.45, 2.75) is 18.8 Å². The van der Waals surface area contributed by atoms with Crippen LogP contribution in [0.2, 0.25) is 0 Å². The number of rotatable bonds is 3. The molecule has 0 radical (unpaired) electrons. The second kappa shape index (κ2) is 5.07. The van der Waals surface area contributed by atoms with Crippen molar-refractivity contribution in [2.24, 2.45) is 0 Å². The molecule has 1 rings (SSSR count). The maximum atomic E-state index is 11.5. The van der Waals surface area contributed by atoms with Gasteiger partial charge in [0.1, 0.15) is 16.9 Å². The molecule has 0 aromatic heterocycles. The summed E-state index contributed by atoms with van der Waals surface area (Å²) in [6.45, 7) is 1.85. The summed E-state index contributed by atoms with van der Waals surface area (Å²) >= 11 is 5.66. The number of hydrogen-bond acceptors (Lipinski definition) is 3. The first-order valence-electron chi connectivity index (χ1n) is 4.81. The van der Waals surface area contributed by atoms with Crippen molar-refractivity contribution in [3.05, 3.63) is 23.8 Å². The first kappa shape index (κ1) is 12.6. The average Bonchev–Trinajstić information content (AvgIpc) is 2.20. The number of halogens is 1. The van der Waals surface area contributed by atoms with E-state index < -0.39 is 5.38 Å². The molecule has 1 unspecified atom stereocenters. The standard InChI is InChI=1S/C11H14ClNO3/c1-7(12)11(16)13(2)6-8-3-4-9(14)5-10(8)15/h3-5,7,14-15H,6H2,1-2H3. The van der Waals surface area contributed by atoms with Crippen molar-refractivity contribution in [2.75, 3.05) is 7.05 Å². The lowest BCUT2D eigenvalue weighted by molar-refractivity contribution is -0.129. The Bertz CT molecular complexity index is 393. The molecule has 1 amide bonds. The summed E-state index contributed by atoms with van der Waals surface area (Å²) in [6, 6.07) is 4.25. The van der Waals surface area contributed by atoms with Gasteiger partial charge in [-0.1, -0.05) is 0 Å². The van der Waals surface area contributed by atoms with E-state index in [1.165, 1.54) is 17.0 Å². The number of phenols is 2. The van der Waals surface area contributed by atoms with E-state index in [0.29, 0.717) is 5.56 Å². The van der Waals surface area contributed by atoms with Gasteiger partial charge in [0.25, 0.3) is 0 Å². The van der Waals surface area contributed by atoms with Crippen LogP contribution in [0.5, 0.6) is 11.5 Å². The summed E-state index contributed by atoms with van der Waals surface area (Å²) < 4.78 is 0. The Hall–Kier alpha value is -1.42. The van der Waals surface area contributed by atoms with E-state index in [0.717, 1.165) is 0 Å². The first-order chi connectivity index (χ1) is 7.41. The van der Waals surface area contributed by atoms with Crippen LogP contribution >= 0.6 is 11.6 Å². The van der Waals surface area contributed by atoms with Gasteiger partial charge in [-0.2, -0.15) is 0 Å². The fourth-order valence-electron chi connectivity index (χ4n) is 1.32. The molecule has 0 fully saturated rings. The Balaban J connectivity index is 2.77. The second-order valence-corrected chi connectivity index (χ2v) is 4.28. The number of carbonyl (C=O) groups is 1. The SMILES string of the molecule is CC(Cl)C(=O)N(C)Cc1ccc(O)cc1O. The van der Waals surface area contributed by atoms with Crippen LogP contribution in [0.4, 0.5) is 0 Å². The van der Waals surface area contributed by atoms with Crippen LogP contribution in [0, 0.1) is 0 Å². The van der Waals surface area contributed by atoms with E-state index in [4.69, 9.17) is 16.7 Å². The third kappa shape index (κ3) is 3.03. The van der Waals surface area contributed by atoms with E-state index >= 15 is 0 Å². The van der Waals surface area contributed by atoms with Gasteiger partial charge in [-0.15, -0.1) is 11.6 Å². The molecular formula is C11H14ClNO3. The Kier molecular flexibility index (Phi) is 4.01. The van der Waals surface area contributed by atoms with Gasteiger partial charge in [0.15, 0.2) is 0 Å². The molecule has 0 aliphatic carbocycles. The van der Waals surface area contributed by atoms with Crippen LogP contribution in [0.25, 0.3) is 0 Å². The van der Waals surface area contributed by atoms with Crippen LogP contribution in [0.1, 0.15) is 12.5 Å². The van der Waals surface area contributed by atoms with Crippen molar-refractivity contribution < 1.29 is 15.0 Å². The summed E-state index contributed by atoms with van der Waals surface area (Å²) in [4.78, 5) is 12.9. The van der Waals surface area contributed by atoms with Crippen LogP contribution in [-0.2, 0) is 11.3 Å². The first-order valence-corrected chi connectivity index (χ1v) is 5.25. The van der Waals surface area contributed by atoms with Gasteiger partial charge in [0, 0.05) is 25.2 Å². The number of alkyl halides is 1. The van der Waals surface area contributed by atoms with Gasteiger partial charge >= 0.3 is 0 Å². The van der Waals surface area contributed by atoms with E-state index in [-0.39, 0.29) is 24.0 Å². The van der Waals surface area contributed by atoms with Gasteiger partial charge in [-0.05, 0) is 19.1 Å². The van der Waals surface area contributed by atoms with E-state index in [9.17, 15) is 9.90 Å². The summed E-state index contributed by atoms with van der Waals surface area (Å²) in [5.41, 5.74) is 0.561. The van der Waals surface area contributed by atoms with Crippen LogP contribution in [-0.4, -0.2) is 33.4 Å². The molecular weight excluding hydrogens is 230 g/mol. The minimum atomic E-state index is -0.593. The van der Waals surface area contributed by atoms with Crippen molar-refractivity contribution >= 4 is 17.5 Å². The predicted molar refractivity (Wildman–Crippen MR) is 61.6 cm³/mol. The molecule has 0 spiro atoms. The largest absolute Gasteiger partial charge is 0.508 e. The Morgan fingerprint density at radius 2 is 2.12 bits per heavy atom. The van der Waals surface area contributed by atoms with Gasteiger partial charge in [-0.25, -0.2) is 0 Å². The molecule has 88 valence electrons. The van der Waals surface area contributed by atoms with E-state index in [2.05, 4.69) is 0 Å². The third-order valence-electron chi connectivity index (χ3n) is 2.19. The van der Waals surface area contributed by atoms with Crippen molar-refractivity contribution in [1.29, 1.82) is 0 Å². The van der Waals surface area contributed by atoms with Crippen LogP contribution < -0.4 is 0 Å². The summed E-state index contributed by atoms with van der Waals surface area (Å²) in [7, 11) is 1.60. The minimum absolute atomic E-state index is 0.0130. The van der Waals surface area contributed by atoms with E-state index in [1.807, 2.05) is 0 Å². The highest BCUT2D eigenvalue weighted by molar-refractivity contribution is 6.30. The Labute approximate surface area is 99.1 Å². The molecule has 4 nitrogen and oxygen atoms in total. The topological polar surface area (TPSA) is 60.8 Å². The molecule has 2 N–H and O–H groups in total. The zero-order valence-corrected chi connectivity index (χ0v) is 9.90. The lowest BCUT2D eigenvalue weighted by Crippen LogP contribution is -2.31. The highest BCUT2D eigenvalue weighted by atomic mass is 35.5. The van der Waals surface area contributed by atoms with Gasteiger partial charge in [0.05, 0.1) is 0 Å². The number of carbonyl (C=O) groups excluding carboxylic acids is 1. The van der Waals surface area contributed by atoms with Gasteiger partial charge in [-0.3, -0.25) is 4.79 Å². The molecule has 16 heavy (non-hydrogen) atoms. The highest BCUT2D eigenvalue weighted by Crippen LogP contribution is 2.23. The maximum Gasteiger partial charge on any atom is 0.240 e. The van der Waals surface area contributed by atoms with Gasteiger partial charge < -0.3 is 15.1 Å². The third-order valence-corrected chi connectivity index (χ3v) is 2.38. The maximum absolute atomic E-state index is 11.5. The fourth-order valence-corrected chi connectivity index (χ4v) is 1.49. The van der Waals surface area contributed by atoms with Crippen LogP contribution in [0.3, 0.4) is 0 Å². The second-order valence-electron chi connectivity index (χ2n) is 3.62. The quantitative estimate of drug-likeness (QED) is 0.795. The highest BCUT2D eigenvalue weighted by Gasteiger charge is 2.16. The zero-order valence-electron chi connectivity index (χ0n) is 9.14. The monoisotopic (exact) mass is 243 g/mol. The predicted octanol–water partition coefficient (Wildman–Crippen LogP) is 1.68. The smallest absolute Gasteiger partial charge is 0.240 e.